The number of carbonyl (C=O) groups is 1. The molecule has 3 atom stereocenters. The molecule has 2 N–H and O–H groups in total. The minimum atomic E-state index is 0.0513. The Morgan fingerprint density at radius 3 is 2.74 bits per heavy atom. The fraction of sp³-hybridized carbons (Fsp3) is 0.300. The van der Waals surface area contributed by atoms with Crippen LogP contribution in [0.3, 0.4) is 0 Å². The van der Waals surface area contributed by atoms with Gasteiger partial charge in [0.25, 0.3) is 0 Å². The average Bonchev–Trinajstić information content (AvgIpc) is 3.48. The molecule has 1 aromatic heterocycles. The molecule has 0 spiro atoms. The maximum atomic E-state index is 12.4. The number of aromatic nitrogens is 1. The third-order valence-electron chi connectivity index (χ3n) is 7.69. The van der Waals surface area contributed by atoms with Crippen LogP contribution >= 0.6 is 11.6 Å². The summed E-state index contributed by atoms with van der Waals surface area (Å²) >= 11 is 6.75. The van der Waals surface area contributed by atoms with Crippen molar-refractivity contribution in [3.63, 3.8) is 0 Å². The number of rotatable bonds is 5. The van der Waals surface area contributed by atoms with Gasteiger partial charge in [-0.1, -0.05) is 54.9 Å². The van der Waals surface area contributed by atoms with Crippen molar-refractivity contribution in [1.29, 1.82) is 0 Å². The first-order chi connectivity index (χ1) is 17.1. The lowest BCUT2D eigenvalue weighted by atomic mass is 9.76. The number of fused-ring (bicyclic) bond motifs is 6. The number of halogens is 1. The molecule has 3 unspecified atom stereocenters. The molecule has 5 heteroatoms. The first-order valence-electron chi connectivity index (χ1n) is 12.7. The predicted molar refractivity (Wildman–Crippen MR) is 146 cm³/mol. The normalized spacial score (nSPS) is 20.6. The molecule has 6 rings (SSSR count). The first-order valence-corrected chi connectivity index (χ1v) is 13.0. The summed E-state index contributed by atoms with van der Waals surface area (Å²) in [6.07, 6.45) is 6.91. The molecule has 0 radical (unpaired) electrons. The van der Waals surface area contributed by atoms with E-state index in [1.54, 1.807) is 0 Å². The third kappa shape index (κ3) is 3.54. The number of nitrogens with zero attached hydrogens (tertiary/aromatic N) is 1. The number of hydrogen-bond donors (Lipinski definition) is 2. The van der Waals surface area contributed by atoms with Crippen LogP contribution in [-0.2, 0) is 11.3 Å². The van der Waals surface area contributed by atoms with Crippen molar-refractivity contribution < 1.29 is 4.79 Å². The second kappa shape index (κ2) is 8.76. The Labute approximate surface area is 211 Å². The number of aryl methyl sites for hydroxylation is 1. The van der Waals surface area contributed by atoms with Gasteiger partial charge in [0.05, 0.1) is 16.8 Å². The molecule has 4 nitrogen and oxygen atoms in total. The lowest BCUT2D eigenvalue weighted by molar-refractivity contribution is -0.116. The van der Waals surface area contributed by atoms with Gasteiger partial charge in [-0.15, -0.1) is 0 Å². The number of nitrogens with one attached hydrogen (secondary N) is 2. The van der Waals surface area contributed by atoms with Crippen molar-refractivity contribution in [2.24, 2.45) is 5.92 Å². The van der Waals surface area contributed by atoms with E-state index in [-0.39, 0.29) is 17.9 Å². The largest absolute Gasteiger partial charge is 0.376 e. The summed E-state index contributed by atoms with van der Waals surface area (Å²) in [6, 6.07) is 19.5. The summed E-state index contributed by atoms with van der Waals surface area (Å²) in [5.74, 6) is 0.620. The molecule has 2 heterocycles. The summed E-state index contributed by atoms with van der Waals surface area (Å²) in [4.78, 5) is 12.4. The Morgan fingerprint density at radius 1 is 1.09 bits per heavy atom. The zero-order valence-corrected chi connectivity index (χ0v) is 20.9. The fourth-order valence-corrected chi connectivity index (χ4v) is 6.38. The second-order valence-corrected chi connectivity index (χ2v) is 10.1. The van der Waals surface area contributed by atoms with Crippen LogP contribution in [0.4, 0.5) is 11.4 Å². The molecular weight excluding hydrogens is 454 g/mol. The molecule has 0 bridgehead atoms. The average molecular weight is 484 g/mol. The summed E-state index contributed by atoms with van der Waals surface area (Å²) in [6.45, 7) is 5.16. The highest BCUT2D eigenvalue weighted by molar-refractivity contribution is 6.33. The fourth-order valence-electron chi connectivity index (χ4n) is 6.16. The SMILES string of the molecule is CCCC(=O)Nc1ccc(Cl)c2c1C1C=CCC1C(c1ccc3c(c1)c1ccccc1n3CC)N2. The monoisotopic (exact) mass is 483 g/mol. The third-order valence-corrected chi connectivity index (χ3v) is 8.01. The van der Waals surface area contributed by atoms with E-state index < -0.39 is 0 Å². The lowest BCUT2D eigenvalue weighted by Gasteiger charge is -2.39. The number of amides is 1. The van der Waals surface area contributed by atoms with E-state index in [2.05, 4.69) is 76.7 Å². The highest BCUT2D eigenvalue weighted by Gasteiger charge is 2.40. The minimum Gasteiger partial charge on any atom is -0.376 e. The first kappa shape index (κ1) is 22.2. The zero-order chi connectivity index (χ0) is 24.1. The highest BCUT2D eigenvalue weighted by Crippen LogP contribution is 2.54. The number of benzene rings is 3. The zero-order valence-electron chi connectivity index (χ0n) is 20.1. The summed E-state index contributed by atoms with van der Waals surface area (Å²) in [7, 11) is 0. The number of hydrogen-bond acceptors (Lipinski definition) is 2. The van der Waals surface area contributed by atoms with Crippen LogP contribution in [0, 0.1) is 5.92 Å². The molecule has 1 aliphatic carbocycles. The van der Waals surface area contributed by atoms with Crippen molar-refractivity contribution in [1.82, 2.24) is 4.57 Å². The number of carbonyl (C=O) groups excluding carboxylic acids is 1. The molecule has 2 aliphatic rings. The van der Waals surface area contributed by atoms with Crippen LogP contribution in [0.25, 0.3) is 21.8 Å². The van der Waals surface area contributed by atoms with Crippen LogP contribution in [-0.4, -0.2) is 10.5 Å². The van der Waals surface area contributed by atoms with E-state index in [1.807, 2.05) is 19.1 Å². The van der Waals surface area contributed by atoms with Crippen molar-refractivity contribution in [2.75, 3.05) is 10.6 Å². The van der Waals surface area contributed by atoms with Gasteiger partial charge >= 0.3 is 0 Å². The van der Waals surface area contributed by atoms with Gasteiger partial charge in [-0.05, 0) is 61.6 Å². The Morgan fingerprint density at radius 2 is 1.91 bits per heavy atom. The standard InChI is InChI=1S/C30H30ClN3O/c1-3-8-27(35)32-24-15-14-23(31)30-28(24)20-10-7-11-21(20)29(33-30)18-13-16-26-22(17-18)19-9-5-6-12-25(19)34(26)4-2/h5-7,9-10,12-17,20-21,29,33H,3-4,8,11H2,1-2H3,(H,32,35). The lowest BCUT2D eigenvalue weighted by Crippen LogP contribution is -2.30. The maximum absolute atomic E-state index is 12.4. The van der Waals surface area contributed by atoms with E-state index in [4.69, 9.17) is 11.6 Å². The van der Waals surface area contributed by atoms with Crippen LogP contribution in [0.5, 0.6) is 0 Å². The van der Waals surface area contributed by atoms with Gasteiger partial charge in [-0.2, -0.15) is 0 Å². The van der Waals surface area contributed by atoms with Gasteiger partial charge < -0.3 is 15.2 Å². The highest BCUT2D eigenvalue weighted by atomic mass is 35.5. The number of anilines is 2. The molecule has 1 aliphatic heterocycles. The van der Waals surface area contributed by atoms with Gasteiger partial charge in [0.15, 0.2) is 0 Å². The van der Waals surface area contributed by atoms with E-state index in [1.165, 1.54) is 27.4 Å². The van der Waals surface area contributed by atoms with Gasteiger partial charge in [0.1, 0.15) is 0 Å². The molecule has 0 saturated carbocycles. The van der Waals surface area contributed by atoms with Crippen molar-refractivity contribution in [3.8, 4) is 0 Å². The van der Waals surface area contributed by atoms with E-state index in [9.17, 15) is 4.79 Å². The van der Waals surface area contributed by atoms with Crippen molar-refractivity contribution in [2.45, 2.75) is 51.6 Å². The summed E-state index contributed by atoms with van der Waals surface area (Å²) < 4.78 is 2.39. The molecule has 0 fully saturated rings. The van der Waals surface area contributed by atoms with Crippen LogP contribution in [0.2, 0.25) is 5.02 Å². The second-order valence-electron chi connectivity index (χ2n) is 9.70. The topological polar surface area (TPSA) is 46.1 Å². The van der Waals surface area contributed by atoms with Crippen molar-refractivity contribution >= 4 is 50.7 Å². The minimum absolute atomic E-state index is 0.0513. The number of allylic oxidation sites excluding steroid dienone is 2. The quantitative estimate of drug-likeness (QED) is 0.282. The molecule has 4 aromatic rings. The summed E-state index contributed by atoms with van der Waals surface area (Å²) in [5, 5.41) is 10.2. The molecule has 1 amide bonds. The molecular formula is C30H30ClN3O. The molecule has 178 valence electrons. The Bertz CT molecular complexity index is 1480. The van der Waals surface area contributed by atoms with Crippen LogP contribution in [0.1, 0.15) is 56.2 Å². The van der Waals surface area contributed by atoms with Gasteiger partial charge in [0.2, 0.25) is 5.91 Å². The summed E-state index contributed by atoms with van der Waals surface area (Å²) in [5.41, 5.74) is 6.75. The van der Waals surface area contributed by atoms with Gasteiger partial charge in [-0.25, -0.2) is 0 Å². The maximum Gasteiger partial charge on any atom is 0.224 e. The van der Waals surface area contributed by atoms with E-state index in [0.717, 1.165) is 36.3 Å². The van der Waals surface area contributed by atoms with Crippen LogP contribution < -0.4 is 10.6 Å². The molecule has 3 aromatic carbocycles. The number of para-hydroxylation sites is 1. The van der Waals surface area contributed by atoms with Crippen molar-refractivity contribution in [3.05, 3.63) is 82.9 Å². The predicted octanol–water partition coefficient (Wildman–Crippen LogP) is 8.03. The van der Waals surface area contributed by atoms with Crippen LogP contribution in [0.15, 0.2) is 66.7 Å². The molecule has 0 saturated heterocycles. The van der Waals surface area contributed by atoms with E-state index in [0.29, 0.717) is 17.4 Å². The molecule has 35 heavy (non-hydrogen) atoms. The van der Waals surface area contributed by atoms with Gasteiger partial charge in [-0.3, -0.25) is 4.79 Å². The van der Waals surface area contributed by atoms with Gasteiger partial charge in [0, 0.05) is 51.9 Å². The Hall–Kier alpha value is -3.24. The Kier molecular flexibility index (Phi) is 5.57. The Balaban J connectivity index is 1.46. The smallest absolute Gasteiger partial charge is 0.224 e. The van der Waals surface area contributed by atoms with E-state index >= 15 is 0 Å².